The first kappa shape index (κ1) is 24.8. The molecule has 1 spiro atoms. The zero-order valence-electron chi connectivity index (χ0n) is 21.9. The molecular formula is C29H33FN4O4. The predicted octanol–water partition coefficient (Wildman–Crippen LogP) is 3.25. The van der Waals surface area contributed by atoms with Gasteiger partial charge in [0.15, 0.2) is 5.60 Å². The SMILES string of the molecule is CC(C)CC(=O)N1CCN(c2ccc(C3(C(=O)N4CC[C@@]5(C4)OC(=O)c4cnccc45)CC3)c(F)c2)CC1. The molecule has 9 heteroatoms. The summed E-state index contributed by atoms with van der Waals surface area (Å²) in [6.45, 7) is 7.35. The van der Waals surface area contributed by atoms with Gasteiger partial charge in [0.2, 0.25) is 11.8 Å². The summed E-state index contributed by atoms with van der Waals surface area (Å²) in [5, 5.41) is 0. The summed E-state index contributed by atoms with van der Waals surface area (Å²) in [5.74, 6) is -0.380. The highest BCUT2D eigenvalue weighted by Gasteiger charge is 2.58. The van der Waals surface area contributed by atoms with Crippen LogP contribution in [0.5, 0.6) is 0 Å². The largest absolute Gasteiger partial charge is 0.449 e. The molecule has 1 saturated carbocycles. The van der Waals surface area contributed by atoms with Crippen LogP contribution in [-0.2, 0) is 25.3 Å². The van der Waals surface area contributed by atoms with Crippen LogP contribution in [0.3, 0.4) is 0 Å². The Morgan fingerprint density at radius 2 is 1.79 bits per heavy atom. The molecule has 4 heterocycles. The summed E-state index contributed by atoms with van der Waals surface area (Å²) in [7, 11) is 0. The zero-order valence-corrected chi connectivity index (χ0v) is 21.9. The molecule has 8 nitrogen and oxygen atoms in total. The van der Waals surface area contributed by atoms with Crippen molar-refractivity contribution in [3.63, 3.8) is 0 Å². The molecule has 1 aromatic carbocycles. The maximum Gasteiger partial charge on any atom is 0.341 e. The van der Waals surface area contributed by atoms with Crippen molar-refractivity contribution in [2.45, 2.75) is 50.5 Å². The maximum atomic E-state index is 15.5. The molecule has 3 aliphatic heterocycles. The van der Waals surface area contributed by atoms with Crippen LogP contribution in [0.1, 0.15) is 61.0 Å². The number of hydrogen-bond donors (Lipinski definition) is 0. The number of hydrogen-bond acceptors (Lipinski definition) is 6. The van der Waals surface area contributed by atoms with Gasteiger partial charge in [-0.2, -0.15) is 0 Å². The molecule has 2 aromatic rings. The average molecular weight is 521 g/mol. The Balaban J connectivity index is 1.14. The number of pyridine rings is 1. The van der Waals surface area contributed by atoms with Crippen LogP contribution >= 0.6 is 0 Å². The van der Waals surface area contributed by atoms with Gasteiger partial charge in [0.25, 0.3) is 0 Å². The van der Waals surface area contributed by atoms with Crippen molar-refractivity contribution in [1.82, 2.24) is 14.8 Å². The Kier molecular flexibility index (Phi) is 5.92. The Bertz CT molecular complexity index is 1300. The summed E-state index contributed by atoms with van der Waals surface area (Å²) in [6.07, 6.45) is 5.41. The number of ether oxygens (including phenoxy) is 1. The molecule has 0 radical (unpaired) electrons. The van der Waals surface area contributed by atoms with Gasteiger partial charge in [0.1, 0.15) is 5.82 Å². The number of benzene rings is 1. The zero-order chi connectivity index (χ0) is 26.7. The molecule has 3 fully saturated rings. The molecule has 0 N–H and O–H groups in total. The number of amides is 2. The Morgan fingerprint density at radius 3 is 2.47 bits per heavy atom. The van der Waals surface area contributed by atoms with Gasteiger partial charge in [0, 0.05) is 74.8 Å². The number of carbonyl (C=O) groups is 3. The van der Waals surface area contributed by atoms with Crippen LogP contribution in [0, 0.1) is 11.7 Å². The standard InChI is InChI=1S/C29H33FN4O4/c1-19(2)15-25(35)33-13-11-32(12-14-33)20-3-4-23(24(30)16-20)28(6-7-28)27(37)34-10-8-29(18-34)22-5-9-31-17-21(22)26(36)38-29/h3-5,9,16-17,19H,6-8,10-15,18H2,1-2H3/t29-/m0/s1. The van der Waals surface area contributed by atoms with Crippen molar-refractivity contribution < 1.29 is 23.5 Å². The molecule has 200 valence electrons. The van der Waals surface area contributed by atoms with Gasteiger partial charge < -0.3 is 19.4 Å². The number of halogens is 1. The molecule has 1 atom stereocenters. The number of rotatable bonds is 5. The number of esters is 1. The van der Waals surface area contributed by atoms with E-state index < -0.39 is 17.0 Å². The first-order chi connectivity index (χ1) is 18.2. The van der Waals surface area contributed by atoms with Gasteiger partial charge in [-0.1, -0.05) is 19.9 Å². The lowest BCUT2D eigenvalue weighted by Gasteiger charge is -2.36. The van der Waals surface area contributed by atoms with Crippen LogP contribution in [0.25, 0.3) is 0 Å². The molecule has 1 aromatic heterocycles. The quantitative estimate of drug-likeness (QED) is 0.563. The van der Waals surface area contributed by atoms with Gasteiger partial charge >= 0.3 is 5.97 Å². The second-order valence-electron chi connectivity index (χ2n) is 11.5. The molecule has 2 saturated heterocycles. The van der Waals surface area contributed by atoms with Gasteiger partial charge in [-0.15, -0.1) is 0 Å². The third-order valence-corrected chi connectivity index (χ3v) is 8.55. The van der Waals surface area contributed by atoms with E-state index >= 15 is 4.39 Å². The van der Waals surface area contributed by atoms with Gasteiger partial charge in [-0.25, -0.2) is 9.18 Å². The van der Waals surface area contributed by atoms with E-state index in [4.69, 9.17) is 4.74 Å². The molecule has 0 unspecified atom stereocenters. The molecule has 4 aliphatic rings. The van der Waals surface area contributed by atoms with Gasteiger partial charge in [0.05, 0.1) is 17.5 Å². The van der Waals surface area contributed by atoms with E-state index in [0.29, 0.717) is 75.5 Å². The lowest BCUT2D eigenvalue weighted by Crippen LogP contribution is -2.49. The fourth-order valence-corrected chi connectivity index (χ4v) is 6.31. The van der Waals surface area contributed by atoms with E-state index in [0.717, 1.165) is 11.3 Å². The summed E-state index contributed by atoms with van der Waals surface area (Å²) in [4.78, 5) is 48.3. The van der Waals surface area contributed by atoms with Crippen molar-refractivity contribution in [3.05, 3.63) is 59.2 Å². The lowest BCUT2D eigenvalue weighted by atomic mass is 9.92. The van der Waals surface area contributed by atoms with Crippen molar-refractivity contribution in [3.8, 4) is 0 Å². The second kappa shape index (κ2) is 9.06. The summed E-state index contributed by atoms with van der Waals surface area (Å²) >= 11 is 0. The van der Waals surface area contributed by atoms with E-state index in [1.54, 1.807) is 23.2 Å². The van der Waals surface area contributed by atoms with Crippen LogP contribution in [0.4, 0.5) is 10.1 Å². The molecule has 38 heavy (non-hydrogen) atoms. The number of piperazine rings is 1. The number of fused-ring (bicyclic) bond motifs is 2. The third-order valence-electron chi connectivity index (χ3n) is 8.55. The van der Waals surface area contributed by atoms with Crippen molar-refractivity contribution in [1.29, 1.82) is 0 Å². The third kappa shape index (κ3) is 4.03. The molecule has 6 rings (SSSR count). The van der Waals surface area contributed by atoms with E-state index in [1.165, 1.54) is 12.3 Å². The first-order valence-electron chi connectivity index (χ1n) is 13.5. The van der Waals surface area contributed by atoms with Crippen molar-refractivity contribution in [2.24, 2.45) is 5.92 Å². The molecule has 2 amide bonds. The second-order valence-corrected chi connectivity index (χ2v) is 11.5. The fourth-order valence-electron chi connectivity index (χ4n) is 6.31. The van der Waals surface area contributed by atoms with E-state index in [9.17, 15) is 14.4 Å². The number of likely N-dealkylation sites (tertiary alicyclic amines) is 1. The molecule has 1 aliphatic carbocycles. The van der Waals surface area contributed by atoms with Crippen molar-refractivity contribution in [2.75, 3.05) is 44.2 Å². The van der Waals surface area contributed by atoms with E-state index in [2.05, 4.69) is 9.88 Å². The minimum Gasteiger partial charge on any atom is -0.449 e. The average Bonchev–Trinajstić information content (AvgIpc) is 3.53. The summed E-state index contributed by atoms with van der Waals surface area (Å²) < 4.78 is 21.3. The predicted molar refractivity (Wildman–Crippen MR) is 138 cm³/mol. The molecule has 0 bridgehead atoms. The minimum atomic E-state index is -0.861. The Labute approximate surface area is 221 Å². The van der Waals surface area contributed by atoms with Crippen LogP contribution in [0.15, 0.2) is 36.7 Å². The van der Waals surface area contributed by atoms with E-state index in [-0.39, 0.29) is 24.2 Å². The minimum absolute atomic E-state index is 0.100. The Morgan fingerprint density at radius 1 is 1.03 bits per heavy atom. The van der Waals surface area contributed by atoms with Gasteiger partial charge in [-0.3, -0.25) is 14.6 Å². The van der Waals surface area contributed by atoms with Crippen LogP contribution in [-0.4, -0.2) is 71.8 Å². The van der Waals surface area contributed by atoms with Gasteiger partial charge in [-0.05, 0) is 37.0 Å². The monoisotopic (exact) mass is 520 g/mol. The summed E-state index contributed by atoms with van der Waals surface area (Å²) in [6, 6.07) is 6.97. The number of aromatic nitrogens is 1. The smallest absolute Gasteiger partial charge is 0.341 e. The van der Waals surface area contributed by atoms with E-state index in [1.807, 2.05) is 24.8 Å². The topological polar surface area (TPSA) is 83.0 Å². The van der Waals surface area contributed by atoms with Crippen LogP contribution in [0.2, 0.25) is 0 Å². The fraction of sp³-hybridized carbons (Fsp3) is 0.517. The molecular weight excluding hydrogens is 487 g/mol. The number of anilines is 1. The van der Waals surface area contributed by atoms with Crippen molar-refractivity contribution >= 4 is 23.5 Å². The maximum absolute atomic E-state index is 15.5. The Hall–Kier alpha value is -3.49. The van der Waals surface area contributed by atoms with Crippen LogP contribution < -0.4 is 4.90 Å². The highest BCUT2D eigenvalue weighted by molar-refractivity contribution is 5.95. The number of carbonyl (C=O) groups excluding carboxylic acids is 3. The number of nitrogens with zero attached hydrogens (tertiary/aromatic N) is 4. The highest BCUT2D eigenvalue weighted by Crippen LogP contribution is 2.53. The highest BCUT2D eigenvalue weighted by atomic mass is 19.1. The lowest BCUT2D eigenvalue weighted by molar-refractivity contribution is -0.134. The first-order valence-corrected chi connectivity index (χ1v) is 13.5. The normalized spacial score (nSPS) is 23.7. The summed E-state index contributed by atoms with van der Waals surface area (Å²) in [5.41, 5.74) is 0.732.